The SMILES string of the molecule is CNS(=O)(=O)c1ccc(NC2(CO)CCCCC2)c(N)c1. The number of benzene rings is 1. The third-order valence-electron chi connectivity index (χ3n) is 4.12. The van der Waals surface area contributed by atoms with Crippen molar-refractivity contribution in [1.82, 2.24) is 4.72 Å². The normalized spacial score (nSPS) is 18.4. The number of hydrogen-bond donors (Lipinski definition) is 4. The average molecular weight is 313 g/mol. The van der Waals surface area contributed by atoms with Crippen LogP contribution in [0.3, 0.4) is 0 Å². The zero-order valence-corrected chi connectivity index (χ0v) is 13.0. The number of sulfonamides is 1. The third kappa shape index (κ3) is 3.48. The van der Waals surface area contributed by atoms with Gasteiger partial charge < -0.3 is 16.2 Å². The fourth-order valence-corrected chi connectivity index (χ4v) is 3.54. The number of nitrogen functional groups attached to an aromatic ring is 1. The molecule has 0 bridgehead atoms. The van der Waals surface area contributed by atoms with Crippen molar-refractivity contribution in [3.63, 3.8) is 0 Å². The average Bonchev–Trinajstić information content (AvgIpc) is 2.50. The van der Waals surface area contributed by atoms with E-state index >= 15 is 0 Å². The van der Waals surface area contributed by atoms with Crippen LogP contribution in [0.2, 0.25) is 0 Å². The Kier molecular flexibility index (Phi) is 4.75. The molecule has 1 aromatic carbocycles. The highest BCUT2D eigenvalue weighted by Gasteiger charge is 2.31. The summed E-state index contributed by atoms with van der Waals surface area (Å²) < 4.78 is 25.8. The number of aliphatic hydroxyl groups excluding tert-OH is 1. The maximum absolute atomic E-state index is 11.7. The minimum atomic E-state index is -3.50. The van der Waals surface area contributed by atoms with Crippen LogP contribution < -0.4 is 15.8 Å². The Hall–Kier alpha value is -1.31. The molecule has 0 unspecified atom stereocenters. The molecule has 1 aliphatic carbocycles. The first kappa shape index (κ1) is 16.1. The fraction of sp³-hybridized carbons (Fsp3) is 0.571. The summed E-state index contributed by atoms with van der Waals surface area (Å²) in [5.41, 5.74) is 6.65. The Morgan fingerprint density at radius 3 is 2.48 bits per heavy atom. The van der Waals surface area contributed by atoms with E-state index in [4.69, 9.17) is 5.73 Å². The molecule has 0 aromatic heterocycles. The lowest BCUT2D eigenvalue weighted by molar-refractivity contribution is 0.173. The molecule has 1 aliphatic rings. The van der Waals surface area contributed by atoms with Crippen molar-refractivity contribution in [2.24, 2.45) is 0 Å². The summed E-state index contributed by atoms with van der Waals surface area (Å²) in [6.07, 6.45) is 5.09. The molecule has 0 saturated heterocycles. The zero-order valence-electron chi connectivity index (χ0n) is 12.2. The van der Waals surface area contributed by atoms with Gasteiger partial charge in [-0.3, -0.25) is 0 Å². The largest absolute Gasteiger partial charge is 0.397 e. The van der Waals surface area contributed by atoms with E-state index < -0.39 is 10.0 Å². The number of nitrogens with two attached hydrogens (primary N) is 1. The highest BCUT2D eigenvalue weighted by Crippen LogP contribution is 2.33. The predicted molar refractivity (Wildman–Crippen MR) is 83.6 cm³/mol. The molecule has 5 N–H and O–H groups in total. The van der Waals surface area contributed by atoms with Crippen LogP contribution in [0.1, 0.15) is 32.1 Å². The molecular weight excluding hydrogens is 290 g/mol. The molecule has 1 saturated carbocycles. The van der Waals surface area contributed by atoms with Gasteiger partial charge in [-0.2, -0.15) is 0 Å². The van der Waals surface area contributed by atoms with Gasteiger partial charge in [0.2, 0.25) is 10.0 Å². The van der Waals surface area contributed by atoms with Gasteiger partial charge >= 0.3 is 0 Å². The van der Waals surface area contributed by atoms with E-state index in [0.29, 0.717) is 11.4 Å². The van der Waals surface area contributed by atoms with Gasteiger partial charge in [0.15, 0.2) is 0 Å². The number of nitrogens with one attached hydrogen (secondary N) is 2. The molecule has 0 atom stereocenters. The van der Waals surface area contributed by atoms with Crippen molar-refractivity contribution in [3.05, 3.63) is 18.2 Å². The molecule has 0 aliphatic heterocycles. The lowest BCUT2D eigenvalue weighted by Crippen LogP contribution is -2.44. The first-order valence-corrected chi connectivity index (χ1v) is 8.63. The van der Waals surface area contributed by atoms with E-state index in [2.05, 4.69) is 10.0 Å². The van der Waals surface area contributed by atoms with Gasteiger partial charge in [0, 0.05) is 0 Å². The number of aliphatic hydroxyl groups is 1. The second-order valence-corrected chi connectivity index (χ2v) is 7.47. The summed E-state index contributed by atoms with van der Waals surface area (Å²) in [7, 11) is -2.14. The van der Waals surface area contributed by atoms with Crippen LogP contribution in [0.25, 0.3) is 0 Å². The summed E-state index contributed by atoms with van der Waals surface area (Å²) >= 11 is 0. The summed E-state index contributed by atoms with van der Waals surface area (Å²) in [4.78, 5) is 0.134. The predicted octanol–water partition coefficient (Wildman–Crippen LogP) is 1.28. The Bertz CT molecular complexity index is 595. The molecule has 1 fully saturated rings. The van der Waals surface area contributed by atoms with E-state index in [1.807, 2.05) is 0 Å². The third-order valence-corrected chi connectivity index (χ3v) is 5.53. The van der Waals surface area contributed by atoms with Crippen LogP contribution in [0, 0.1) is 0 Å². The van der Waals surface area contributed by atoms with Gasteiger partial charge in [-0.15, -0.1) is 0 Å². The molecule has 0 radical (unpaired) electrons. The van der Waals surface area contributed by atoms with Crippen molar-refractivity contribution in [1.29, 1.82) is 0 Å². The van der Waals surface area contributed by atoms with Gasteiger partial charge in [0.1, 0.15) is 0 Å². The van der Waals surface area contributed by atoms with Crippen molar-refractivity contribution >= 4 is 21.4 Å². The quantitative estimate of drug-likeness (QED) is 0.613. The number of hydrogen-bond acceptors (Lipinski definition) is 5. The van der Waals surface area contributed by atoms with E-state index in [0.717, 1.165) is 25.7 Å². The molecule has 6 nitrogen and oxygen atoms in total. The Labute approximate surface area is 125 Å². The topological polar surface area (TPSA) is 104 Å². The Balaban J connectivity index is 2.25. The van der Waals surface area contributed by atoms with E-state index in [1.54, 1.807) is 6.07 Å². The molecule has 0 spiro atoms. The summed E-state index contributed by atoms with van der Waals surface area (Å²) in [6.45, 7) is 0.0446. The molecule has 21 heavy (non-hydrogen) atoms. The van der Waals surface area contributed by atoms with Crippen LogP contribution in [0.4, 0.5) is 11.4 Å². The number of rotatable bonds is 5. The molecular formula is C14H23N3O3S. The van der Waals surface area contributed by atoms with Crippen LogP contribution in [-0.4, -0.2) is 32.7 Å². The van der Waals surface area contributed by atoms with Gasteiger partial charge in [-0.25, -0.2) is 13.1 Å². The molecule has 1 aromatic rings. The molecule has 0 amide bonds. The van der Waals surface area contributed by atoms with Gasteiger partial charge in [0.25, 0.3) is 0 Å². The van der Waals surface area contributed by atoms with E-state index in [9.17, 15) is 13.5 Å². The van der Waals surface area contributed by atoms with Gasteiger partial charge in [-0.1, -0.05) is 19.3 Å². The van der Waals surface area contributed by atoms with Crippen molar-refractivity contribution < 1.29 is 13.5 Å². The minimum Gasteiger partial charge on any atom is -0.397 e. The van der Waals surface area contributed by atoms with Crippen LogP contribution in [0.15, 0.2) is 23.1 Å². The first-order valence-electron chi connectivity index (χ1n) is 7.15. The van der Waals surface area contributed by atoms with Crippen LogP contribution in [-0.2, 0) is 10.0 Å². The van der Waals surface area contributed by atoms with Gasteiger partial charge in [0.05, 0.1) is 28.4 Å². The maximum atomic E-state index is 11.7. The van der Waals surface area contributed by atoms with Gasteiger partial charge in [-0.05, 0) is 38.1 Å². The smallest absolute Gasteiger partial charge is 0.240 e. The summed E-state index contributed by atoms with van der Waals surface area (Å²) in [5.74, 6) is 0. The number of anilines is 2. The standard InChI is InChI=1S/C14H23N3O3S/c1-16-21(19,20)11-5-6-13(12(15)9-11)17-14(10-18)7-3-2-4-8-14/h5-6,9,16-18H,2-4,7-8,10,15H2,1H3. The molecule has 118 valence electrons. The highest BCUT2D eigenvalue weighted by molar-refractivity contribution is 7.89. The van der Waals surface area contributed by atoms with Crippen molar-refractivity contribution in [2.45, 2.75) is 42.5 Å². The Morgan fingerprint density at radius 1 is 1.29 bits per heavy atom. The maximum Gasteiger partial charge on any atom is 0.240 e. The minimum absolute atomic E-state index is 0.0446. The molecule has 2 rings (SSSR count). The van der Waals surface area contributed by atoms with Crippen molar-refractivity contribution in [3.8, 4) is 0 Å². The monoisotopic (exact) mass is 313 g/mol. The summed E-state index contributed by atoms with van der Waals surface area (Å²) in [6, 6.07) is 4.60. The second kappa shape index (κ2) is 6.21. The van der Waals surface area contributed by atoms with Crippen LogP contribution in [0.5, 0.6) is 0 Å². The first-order chi connectivity index (χ1) is 9.92. The zero-order chi connectivity index (χ0) is 15.5. The van der Waals surface area contributed by atoms with Crippen LogP contribution >= 0.6 is 0 Å². The van der Waals surface area contributed by atoms with E-state index in [-0.39, 0.29) is 17.0 Å². The lowest BCUT2D eigenvalue weighted by atomic mass is 9.82. The van der Waals surface area contributed by atoms with Crippen molar-refractivity contribution in [2.75, 3.05) is 24.7 Å². The van der Waals surface area contributed by atoms with E-state index in [1.165, 1.54) is 25.6 Å². The molecule has 0 heterocycles. The second-order valence-electron chi connectivity index (χ2n) is 5.58. The highest BCUT2D eigenvalue weighted by atomic mass is 32.2. The summed E-state index contributed by atoms with van der Waals surface area (Å²) in [5, 5.41) is 13.0. The lowest BCUT2D eigenvalue weighted by Gasteiger charge is -2.37. The molecule has 7 heteroatoms. The Morgan fingerprint density at radius 2 is 1.95 bits per heavy atom. The fourth-order valence-electron chi connectivity index (χ4n) is 2.78.